The summed E-state index contributed by atoms with van der Waals surface area (Å²) in [5, 5.41) is 3.45. The highest BCUT2D eigenvalue weighted by molar-refractivity contribution is 7.89. The second-order valence-corrected chi connectivity index (χ2v) is 9.30. The summed E-state index contributed by atoms with van der Waals surface area (Å²) >= 11 is 0. The highest BCUT2D eigenvalue weighted by atomic mass is 32.2. The average Bonchev–Trinajstić information content (AvgIpc) is 2.73. The van der Waals surface area contributed by atoms with Gasteiger partial charge in [-0.15, -0.1) is 0 Å². The Morgan fingerprint density at radius 1 is 0.793 bits per heavy atom. The monoisotopic (exact) mass is 409 g/mol. The fourth-order valence-electron chi connectivity index (χ4n) is 3.12. The number of sulfonamides is 1. The lowest BCUT2D eigenvalue weighted by molar-refractivity contribution is 0.520. The van der Waals surface area contributed by atoms with Crippen molar-refractivity contribution in [2.75, 3.05) is 31.4 Å². The zero-order chi connectivity index (χ0) is 20.9. The van der Waals surface area contributed by atoms with E-state index in [1.807, 2.05) is 42.5 Å². The van der Waals surface area contributed by atoms with Gasteiger partial charge < -0.3 is 10.2 Å². The molecule has 6 heteroatoms. The maximum Gasteiger partial charge on any atom is 0.242 e. The molecule has 29 heavy (non-hydrogen) atoms. The molecule has 0 aliphatic heterocycles. The Hall–Kier alpha value is -2.83. The van der Waals surface area contributed by atoms with Crippen LogP contribution in [-0.4, -0.2) is 33.9 Å². The van der Waals surface area contributed by atoms with E-state index in [4.69, 9.17) is 0 Å². The first-order chi connectivity index (χ1) is 13.9. The first-order valence-electron chi connectivity index (χ1n) is 9.47. The zero-order valence-electron chi connectivity index (χ0n) is 17.0. The van der Waals surface area contributed by atoms with Crippen LogP contribution in [0.3, 0.4) is 0 Å². The summed E-state index contributed by atoms with van der Waals surface area (Å²) in [6, 6.07) is 25.5. The number of benzene rings is 3. The molecule has 0 saturated carbocycles. The van der Waals surface area contributed by atoms with Gasteiger partial charge in [0.2, 0.25) is 10.0 Å². The minimum Gasteiger partial charge on any atom is -0.379 e. The molecule has 0 aliphatic rings. The van der Waals surface area contributed by atoms with Crippen molar-refractivity contribution in [3.05, 3.63) is 90.0 Å². The van der Waals surface area contributed by atoms with Gasteiger partial charge in [0.25, 0.3) is 0 Å². The molecule has 0 amide bonds. The van der Waals surface area contributed by atoms with Gasteiger partial charge in [-0.2, -0.15) is 0 Å². The Labute approximate surface area is 173 Å². The van der Waals surface area contributed by atoms with Crippen molar-refractivity contribution < 1.29 is 8.42 Å². The van der Waals surface area contributed by atoms with Crippen LogP contribution in [0.1, 0.15) is 11.1 Å². The van der Waals surface area contributed by atoms with Crippen LogP contribution in [0.5, 0.6) is 0 Å². The van der Waals surface area contributed by atoms with E-state index in [-0.39, 0.29) is 0 Å². The van der Waals surface area contributed by atoms with Gasteiger partial charge in [-0.1, -0.05) is 54.6 Å². The molecule has 0 unspecified atom stereocenters. The van der Waals surface area contributed by atoms with Crippen LogP contribution in [-0.2, 0) is 23.1 Å². The topological polar surface area (TPSA) is 52.7 Å². The van der Waals surface area contributed by atoms with Crippen molar-refractivity contribution in [1.82, 2.24) is 4.31 Å². The van der Waals surface area contributed by atoms with Crippen LogP contribution < -0.4 is 10.2 Å². The quantitative estimate of drug-likeness (QED) is 0.606. The van der Waals surface area contributed by atoms with Crippen LogP contribution in [0.2, 0.25) is 0 Å². The van der Waals surface area contributed by atoms with Gasteiger partial charge in [0.1, 0.15) is 0 Å². The SMILES string of the molecule is CN(Cc1ccccc1)c1ccccc1NCc1cccc(S(=O)(=O)N(C)C)c1. The predicted molar refractivity (Wildman–Crippen MR) is 120 cm³/mol. The van der Waals surface area contributed by atoms with E-state index in [1.165, 1.54) is 9.87 Å². The van der Waals surface area contributed by atoms with Crippen LogP contribution in [0.25, 0.3) is 0 Å². The second-order valence-electron chi connectivity index (χ2n) is 7.15. The van der Waals surface area contributed by atoms with E-state index in [1.54, 1.807) is 32.3 Å². The first kappa shape index (κ1) is 20.9. The van der Waals surface area contributed by atoms with Crippen LogP contribution in [0.15, 0.2) is 83.8 Å². The molecule has 0 radical (unpaired) electrons. The van der Waals surface area contributed by atoms with Crippen molar-refractivity contribution in [3.63, 3.8) is 0 Å². The summed E-state index contributed by atoms with van der Waals surface area (Å²) in [5.74, 6) is 0. The lowest BCUT2D eigenvalue weighted by atomic mass is 10.1. The van der Waals surface area contributed by atoms with Gasteiger partial charge in [0.05, 0.1) is 16.3 Å². The standard InChI is InChI=1S/C23H27N3O2S/c1-25(2)29(27,28)21-13-9-12-20(16-21)17-24-22-14-7-8-15-23(22)26(3)18-19-10-5-4-6-11-19/h4-16,24H,17-18H2,1-3H3. The third-order valence-electron chi connectivity index (χ3n) is 4.74. The summed E-state index contributed by atoms with van der Waals surface area (Å²) in [7, 11) is 1.71. The average molecular weight is 410 g/mol. The van der Waals surface area contributed by atoms with Crippen molar-refractivity contribution >= 4 is 21.4 Å². The Morgan fingerprint density at radius 3 is 2.17 bits per heavy atom. The Bertz CT molecular complexity index is 1050. The number of anilines is 2. The third-order valence-corrected chi connectivity index (χ3v) is 6.55. The fraction of sp³-hybridized carbons (Fsp3) is 0.217. The summed E-state index contributed by atoms with van der Waals surface area (Å²) in [6.07, 6.45) is 0. The highest BCUT2D eigenvalue weighted by Gasteiger charge is 2.17. The lowest BCUT2D eigenvalue weighted by Gasteiger charge is -2.23. The molecule has 3 rings (SSSR count). The van der Waals surface area contributed by atoms with Crippen LogP contribution in [0, 0.1) is 0 Å². The molecule has 0 aromatic heterocycles. The maximum atomic E-state index is 12.4. The van der Waals surface area contributed by atoms with Crippen LogP contribution in [0.4, 0.5) is 11.4 Å². The number of hydrogen-bond donors (Lipinski definition) is 1. The van der Waals surface area contributed by atoms with Gasteiger partial charge in [-0.25, -0.2) is 12.7 Å². The predicted octanol–water partition coefficient (Wildman–Crippen LogP) is 4.19. The van der Waals surface area contributed by atoms with E-state index in [0.717, 1.165) is 23.5 Å². The largest absolute Gasteiger partial charge is 0.379 e. The number of nitrogens with one attached hydrogen (secondary N) is 1. The molecule has 3 aromatic carbocycles. The molecule has 0 spiro atoms. The fourth-order valence-corrected chi connectivity index (χ4v) is 4.09. The first-order valence-corrected chi connectivity index (χ1v) is 10.9. The molecule has 0 saturated heterocycles. The summed E-state index contributed by atoms with van der Waals surface area (Å²) in [6.45, 7) is 1.34. The van der Waals surface area contributed by atoms with Gasteiger partial charge >= 0.3 is 0 Å². The minimum absolute atomic E-state index is 0.302. The van der Waals surface area contributed by atoms with Crippen molar-refractivity contribution in [2.45, 2.75) is 18.0 Å². The molecule has 152 valence electrons. The molecule has 5 nitrogen and oxygen atoms in total. The summed E-state index contributed by atoms with van der Waals surface area (Å²) in [4.78, 5) is 2.50. The van der Waals surface area contributed by atoms with E-state index >= 15 is 0 Å². The van der Waals surface area contributed by atoms with E-state index < -0.39 is 10.0 Å². The molecule has 0 heterocycles. The summed E-state index contributed by atoms with van der Waals surface area (Å²) < 4.78 is 26.0. The molecule has 0 atom stereocenters. The highest BCUT2D eigenvalue weighted by Crippen LogP contribution is 2.26. The van der Waals surface area contributed by atoms with Crippen molar-refractivity contribution in [3.8, 4) is 0 Å². The molecule has 3 aromatic rings. The van der Waals surface area contributed by atoms with Gasteiger partial charge in [-0.05, 0) is 35.4 Å². The second kappa shape index (κ2) is 9.11. The normalized spacial score (nSPS) is 11.4. The van der Waals surface area contributed by atoms with Crippen molar-refractivity contribution in [2.24, 2.45) is 0 Å². The number of rotatable bonds is 8. The van der Waals surface area contributed by atoms with E-state index in [2.05, 4.69) is 35.5 Å². The molecule has 1 N–H and O–H groups in total. The lowest BCUT2D eigenvalue weighted by Crippen LogP contribution is -2.22. The van der Waals surface area contributed by atoms with Gasteiger partial charge in [0.15, 0.2) is 0 Å². The maximum absolute atomic E-state index is 12.4. The summed E-state index contributed by atoms with van der Waals surface area (Å²) in [5.41, 5.74) is 4.25. The molecule has 0 aliphatic carbocycles. The number of hydrogen-bond acceptors (Lipinski definition) is 4. The van der Waals surface area contributed by atoms with Gasteiger partial charge in [-0.3, -0.25) is 0 Å². The van der Waals surface area contributed by atoms with Crippen molar-refractivity contribution in [1.29, 1.82) is 0 Å². The molecule has 0 bridgehead atoms. The molecule has 0 fully saturated rings. The Balaban J connectivity index is 1.75. The Morgan fingerprint density at radius 2 is 1.45 bits per heavy atom. The minimum atomic E-state index is -3.44. The van der Waals surface area contributed by atoms with E-state index in [9.17, 15) is 8.42 Å². The van der Waals surface area contributed by atoms with Gasteiger partial charge in [0, 0.05) is 34.2 Å². The molecular weight excluding hydrogens is 382 g/mol. The third kappa shape index (κ3) is 5.16. The van der Waals surface area contributed by atoms with Crippen LogP contribution >= 0.6 is 0 Å². The smallest absolute Gasteiger partial charge is 0.242 e. The zero-order valence-corrected chi connectivity index (χ0v) is 17.9. The van der Waals surface area contributed by atoms with E-state index in [0.29, 0.717) is 11.4 Å². The number of nitrogens with zero attached hydrogens (tertiary/aromatic N) is 2. The Kier molecular flexibility index (Phi) is 6.56. The molecular formula is C23H27N3O2S. The number of para-hydroxylation sites is 2.